The Labute approximate surface area is 151 Å². The lowest BCUT2D eigenvalue weighted by molar-refractivity contribution is -0.132. The van der Waals surface area contributed by atoms with E-state index < -0.39 is 0 Å². The van der Waals surface area contributed by atoms with E-state index in [1.165, 1.54) is 6.08 Å². The SMILES string of the molecule is C=CC(=O)N1CC(N2Cc3ccc(-c4nc(N)ncc4C)cc3C2=O)C1. The first-order valence-corrected chi connectivity index (χ1v) is 8.42. The number of benzene rings is 1. The number of aryl methyl sites for hydroxylation is 1. The number of carbonyl (C=O) groups excluding carboxylic acids is 2. The van der Waals surface area contributed by atoms with Crippen LogP contribution in [-0.4, -0.2) is 50.7 Å². The zero-order chi connectivity index (χ0) is 18.4. The Morgan fingerprint density at radius 2 is 2.15 bits per heavy atom. The van der Waals surface area contributed by atoms with Crippen molar-refractivity contribution < 1.29 is 9.59 Å². The number of anilines is 1. The molecule has 0 unspecified atom stereocenters. The van der Waals surface area contributed by atoms with Gasteiger partial charge < -0.3 is 15.5 Å². The maximum Gasteiger partial charge on any atom is 0.254 e. The van der Waals surface area contributed by atoms with Crippen LogP contribution in [0.15, 0.2) is 37.1 Å². The first-order chi connectivity index (χ1) is 12.5. The average Bonchev–Trinajstić information content (AvgIpc) is 2.92. The summed E-state index contributed by atoms with van der Waals surface area (Å²) in [7, 11) is 0. The van der Waals surface area contributed by atoms with Gasteiger partial charge in [-0.15, -0.1) is 0 Å². The molecule has 132 valence electrons. The number of hydrogen-bond acceptors (Lipinski definition) is 5. The first kappa shape index (κ1) is 16.3. The minimum absolute atomic E-state index is 0.00256. The number of amides is 2. The van der Waals surface area contributed by atoms with Crippen molar-refractivity contribution in [3.63, 3.8) is 0 Å². The van der Waals surface area contributed by atoms with E-state index in [0.717, 1.165) is 22.4 Å². The lowest BCUT2D eigenvalue weighted by Gasteiger charge is -2.43. The summed E-state index contributed by atoms with van der Waals surface area (Å²) in [6.07, 6.45) is 2.98. The maximum atomic E-state index is 12.9. The lowest BCUT2D eigenvalue weighted by Crippen LogP contribution is -2.60. The number of rotatable bonds is 3. The molecular weight excluding hydrogens is 330 g/mol. The third-order valence-corrected chi connectivity index (χ3v) is 4.99. The summed E-state index contributed by atoms with van der Waals surface area (Å²) in [6.45, 7) is 7.09. The van der Waals surface area contributed by atoms with E-state index in [-0.39, 0.29) is 23.8 Å². The van der Waals surface area contributed by atoms with Crippen LogP contribution in [-0.2, 0) is 11.3 Å². The smallest absolute Gasteiger partial charge is 0.254 e. The second kappa shape index (κ2) is 5.94. The third-order valence-electron chi connectivity index (χ3n) is 4.99. The van der Waals surface area contributed by atoms with Gasteiger partial charge in [-0.05, 0) is 30.2 Å². The quantitative estimate of drug-likeness (QED) is 0.845. The van der Waals surface area contributed by atoms with E-state index in [2.05, 4.69) is 16.5 Å². The molecule has 2 N–H and O–H groups in total. The normalized spacial score (nSPS) is 16.4. The Morgan fingerprint density at radius 1 is 1.38 bits per heavy atom. The van der Waals surface area contributed by atoms with Gasteiger partial charge in [0.25, 0.3) is 5.91 Å². The molecule has 0 spiro atoms. The molecule has 0 atom stereocenters. The minimum atomic E-state index is -0.0930. The molecule has 0 radical (unpaired) electrons. The molecule has 3 heterocycles. The van der Waals surface area contributed by atoms with E-state index in [9.17, 15) is 9.59 Å². The van der Waals surface area contributed by atoms with Crippen LogP contribution in [0.4, 0.5) is 5.95 Å². The van der Waals surface area contributed by atoms with Crippen LogP contribution < -0.4 is 5.73 Å². The third kappa shape index (κ3) is 2.52. The maximum absolute atomic E-state index is 12.9. The van der Waals surface area contributed by atoms with E-state index in [4.69, 9.17) is 5.73 Å². The van der Waals surface area contributed by atoms with Gasteiger partial charge in [0.05, 0.1) is 11.7 Å². The highest BCUT2D eigenvalue weighted by atomic mass is 16.2. The van der Waals surface area contributed by atoms with Crippen LogP contribution in [0.25, 0.3) is 11.3 Å². The summed E-state index contributed by atoms with van der Waals surface area (Å²) in [6, 6.07) is 5.85. The molecule has 4 rings (SSSR count). The number of nitrogen functional groups attached to an aromatic ring is 1. The van der Waals surface area contributed by atoms with Crippen molar-refractivity contribution in [2.24, 2.45) is 0 Å². The van der Waals surface area contributed by atoms with E-state index in [0.29, 0.717) is 25.2 Å². The van der Waals surface area contributed by atoms with Crippen molar-refractivity contribution in [3.05, 3.63) is 53.7 Å². The Balaban J connectivity index is 1.57. The zero-order valence-electron chi connectivity index (χ0n) is 14.5. The lowest BCUT2D eigenvalue weighted by atomic mass is 10.0. The number of nitrogens with two attached hydrogens (primary N) is 1. The minimum Gasteiger partial charge on any atom is -0.368 e. The average molecular weight is 349 g/mol. The summed E-state index contributed by atoms with van der Waals surface area (Å²) in [4.78, 5) is 36.3. The fourth-order valence-corrected chi connectivity index (χ4v) is 3.48. The molecule has 2 aromatic rings. The predicted octanol–water partition coefficient (Wildman–Crippen LogP) is 1.39. The van der Waals surface area contributed by atoms with Crippen LogP contribution in [0.5, 0.6) is 0 Å². The monoisotopic (exact) mass is 349 g/mol. The van der Waals surface area contributed by atoms with Gasteiger partial charge in [0, 0.05) is 37.0 Å². The van der Waals surface area contributed by atoms with Crippen molar-refractivity contribution in [1.29, 1.82) is 0 Å². The second-order valence-electron chi connectivity index (χ2n) is 6.67. The molecule has 1 fully saturated rings. The predicted molar refractivity (Wildman–Crippen MR) is 97.1 cm³/mol. The van der Waals surface area contributed by atoms with Gasteiger partial charge in [0.15, 0.2) is 0 Å². The van der Waals surface area contributed by atoms with Crippen LogP contribution in [0, 0.1) is 6.92 Å². The van der Waals surface area contributed by atoms with Crippen LogP contribution in [0.1, 0.15) is 21.5 Å². The molecule has 2 aliphatic rings. The summed E-state index contributed by atoms with van der Waals surface area (Å²) in [5.41, 5.74) is 9.87. The topological polar surface area (TPSA) is 92.4 Å². The molecule has 0 aliphatic carbocycles. The van der Waals surface area contributed by atoms with Gasteiger partial charge >= 0.3 is 0 Å². The van der Waals surface area contributed by atoms with E-state index in [1.807, 2.05) is 30.0 Å². The number of likely N-dealkylation sites (tertiary alicyclic amines) is 1. The van der Waals surface area contributed by atoms with Crippen LogP contribution >= 0.6 is 0 Å². The molecule has 1 aromatic carbocycles. The Hall–Kier alpha value is -3.22. The number of hydrogen-bond donors (Lipinski definition) is 1. The molecule has 1 aromatic heterocycles. The zero-order valence-corrected chi connectivity index (χ0v) is 14.5. The molecule has 7 heteroatoms. The van der Waals surface area contributed by atoms with Crippen LogP contribution in [0.2, 0.25) is 0 Å². The fraction of sp³-hybridized carbons (Fsp3) is 0.263. The van der Waals surface area contributed by atoms with Crippen molar-refractivity contribution in [2.75, 3.05) is 18.8 Å². The van der Waals surface area contributed by atoms with Crippen molar-refractivity contribution in [2.45, 2.75) is 19.5 Å². The highest BCUT2D eigenvalue weighted by Crippen LogP contribution is 2.32. The van der Waals surface area contributed by atoms with Gasteiger partial charge in [0.1, 0.15) is 0 Å². The Bertz CT molecular complexity index is 934. The molecule has 1 saturated heterocycles. The van der Waals surface area contributed by atoms with E-state index in [1.54, 1.807) is 11.1 Å². The van der Waals surface area contributed by atoms with E-state index >= 15 is 0 Å². The van der Waals surface area contributed by atoms with Gasteiger partial charge in [-0.3, -0.25) is 9.59 Å². The summed E-state index contributed by atoms with van der Waals surface area (Å²) in [5.74, 6) is 0.113. The highest BCUT2D eigenvalue weighted by Gasteiger charge is 2.40. The van der Waals surface area contributed by atoms with Gasteiger partial charge in [-0.1, -0.05) is 18.7 Å². The number of carbonyl (C=O) groups is 2. The number of fused-ring (bicyclic) bond motifs is 1. The van der Waals surface area contributed by atoms with Crippen molar-refractivity contribution in [1.82, 2.24) is 19.8 Å². The van der Waals surface area contributed by atoms with Gasteiger partial charge in [0.2, 0.25) is 11.9 Å². The fourth-order valence-electron chi connectivity index (χ4n) is 3.48. The Kier molecular flexibility index (Phi) is 3.72. The largest absolute Gasteiger partial charge is 0.368 e. The standard InChI is InChI=1S/C19H19N5O2/c1-3-16(25)23-9-14(10-23)24-8-13-5-4-12(6-15(13)18(24)26)17-11(2)7-21-19(20)22-17/h3-7,14H,1,8-10H2,2H3,(H2,20,21,22). The second-order valence-corrected chi connectivity index (χ2v) is 6.67. The Morgan fingerprint density at radius 3 is 2.88 bits per heavy atom. The highest BCUT2D eigenvalue weighted by molar-refractivity contribution is 6.00. The molecule has 0 bridgehead atoms. The summed E-state index contributed by atoms with van der Waals surface area (Å²) < 4.78 is 0. The van der Waals surface area contributed by atoms with Crippen molar-refractivity contribution in [3.8, 4) is 11.3 Å². The van der Waals surface area contributed by atoms with Crippen molar-refractivity contribution >= 4 is 17.8 Å². The van der Waals surface area contributed by atoms with Gasteiger partial charge in [-0.2, -0.15) is 0 Å². The van der Waals surface area contributed by atoms with Crippen LogP contribution in [0.3, 0.4) is 0 Å². The first-order valence-electron chi connectivity index (χ1n) is 8.42. The summed E-state index contributed by atoms with van der Waals surface area (Å²) >= 11 is 0. The molecular formula is C19H19N5O2. The van der Waals surface area contributed by atoms with Gasteiger partial charge in [-0.25, -0.2) is 9.97 Å². The molecule has 2 amide bonds. The molecule has 7 nitrogen and oxygen atoms in total. The number of nitrogens with zero attached hydrogens (tertiary/aromatic N) is 4. The molecule has 26 heavy (non-hydrogen) atoms. The number of aromatic nitrogens is 2. The molecule has 2 aliphatic heterocycles. The summed E-state index contributed by atoms with van der Waals surface area (Å²) in [5, 5.41) is 0. The molecule has 0 saturated carbocycles.